The minimum Gasteiger partial charge on any atom is -0.480 e. The molecule has 6 heteroatoms. The highest BCUT2D eigenvalue weighted by Gasteiger charge is 2.48. The predicted octanol–water partition coefficient (Wildman–Crippen LogP) is 1.85. The quantitative estimate of drug-likeness (QED) is 0.816. The Morgan fingerprint density at radius 1 is 1.58 bits per heavy atom. The summed E-state index contributed by atoms with van der Waals surface area (Å²) in [5.74, 6) is 0.305. The zero-order valence-electron chi connectivity index (χ0n) is 11.4. The molecule has 0 aromatic carbocycles. The van der Waals surface area contributed by atoms with E-state index in [9.17, 15) is 9.90 Å². The lowest BCUT2D eigenvalue weighted by Gasteiger charge is -2.27. The lowest BCUT2D eigenvalue weighted by molar-refractivity contribution is -0.142. The molecule has 1 atom stereocenters. The molecular formula is C13H19N3O3. The first-order valence-corrected chi connectivity index (χ1v) is 6.45. The van der Waals surface area contributed by atoms with E-state index in [2.05, 4.69) is 15.3 Å². The first-order chi connectivity index (χ1) is 8.99. The van der Waals surface area contributed by atoms with Gasteiger partial charge in [-0.1, -0.05) is 0 Å². The van der Waals surface area contributed by atoms with Gasteiger partial charge in [-0.15, -0.1) is 0 Å². The van der Waals surface area contributed by atoms with Gasteiger partial charge in [-0.3, -0.25) is 0 Å². The molecule has 0 saturated heterocycles. The molecular weight excluding hydrogens is 246 g/mol. The van der Waals surface area contributed by atoms with Crippen LogP contribution < -0.4 is 10.1 Å². The third-order valence-corrected chi connectivity index (χ3v) is 3.54. The monoisotopic (exact) mass is 265 g/mol. The number of carbonyl (C=O) groups is 1. The fraction of sp³-hybridized carbons (Fsp3) is 0.615. The fourth-order valence-corrected chi connectivity index (χ4v) is 2.08. The van der Waals surface area contributed by atoms with Crippen molar-refractivity contribution in [3.8, 4) is 5.88 Å². The Morgan fingerprint density at radius 3 is 2.79 bits per heavy atom. The summed E-state index contributed by atoms with van der Waals surface area (Å²) in [4.78, 5) is 19.7. The minimum atomic E-state index is -0.984. The van der Waals surface area contributed by atoms with E-state index < -0.39 is 11.5 Å². The fourth-order valence-electron chi connectivity index (χ4n) is 2.08. The summed E-state index contributed by atoms with van der Waals surface area (Å²) in [6.45, 7) is 5.91. The molecule has 1 aliphatic rings. The Kier molecular flexibility index (Phi) is 3.59. The number of aliphatic carboxylic acids is 1. The van der Waals surface area contributed by atoms with E-state index in [4.69, 9.17) is 4.74 Å². The van der Waals surface area contributed by atoms with Crippen molar-refractivity contribution in [2.45, 2.75) is 39.2 Å². The summed E-state index contributed by atoms with van der Waals surface area (Å²) < 4.78 is 5.39. The average molecular weight is 265 g/mol. The minimum absolute atomic E-state index is 0.148. The molecule has 1 aliphatic carbocycles. The van der Waals surface area contributed by atoms with Crippen LogP contribution in [0.2, 0.25) is 0 Å². The second-order valence-corrected chi connectivity index (χ2v) is 4.99. The highest BCUT2D eigenvalue weighted by Crippen LogP contribution is 2.42. The molecule has 1 unspecified atom stereocenters. The molecule has 0 bridgehead atoms. The van der Waals surface area contributed by atoms with E-state index in [1.165, 1.54) is 6.33 Å². The van der Waals surface area contributed by atoms with Crippen molar-refractivity contribution in [2.75, 3.05) is 11.9 Å². The number of carboxylic acid groups (broad SMARTS) is 1. The van der Waals surface area contributed by atoms with Crippen LogP contribution in [-0.4, -0.2) is 33.2 Å². The van der Waals surface area contributed by atoms with E-state index in [-0.39, 0.29) is 5.92 Å². The van der Waals surface area contributed by atoms with Crippen LogP contribution in [-0.2, 0) is 4.79 Å². The molecule has 1 saturated carbocycles. The van der Waals surface area contributed by atoms with Crippen LogP contribution in [0.5, 0.6) is 5.88 Å². The van der Waals surface area contributed by atoms with Gasteiger partial charge in [0, 0.05) is 0 Å². The standard InChI is InChI=1S/C13H19N3O3/c1-4-19-11-8(2)10(14-7-15-11)16-13(3,12(17)18)9-5-6-9/h7,9H,4-6H2,1-3H3,(H,17,18)(H,14,15,16). The second-order valence-electron chi connectivity index (χ2n) is 4.99. The summed E-state index contributed by atoms with van der Waals surface area (Å²) in [6.07, 6.45) is 3.24. The Balaban J connectivity index is 2.27. The van der Waals surface area contributed by atoms with E-state index in [0.29, 0.717) is 18.3 Å². The van der Waals surface area contributed by atoms with Gasteiger partial charge in [0.25, 0.3) is 0 Å². The van der Waals surface area contributed by atoms with E-state index >= 15 is 0 Å². The molecule has 6 nitrogen and oxygen atoms in total. The van der Waals surface area contributed by atoms with Gasteiger partial charge in [0.15, 0.2) is 0 Å². The summed E-state index contributed by atoms with van der Waals surface area (Å²) in [5.41, 5.74) is -0.250. The number of hydrogen-bond donors (Lipinski definition) is 2. The van der Waals surface area contributed by atoms with Crippen LogP contribution in [0.3, 0.4) is 0 Å². The molecule has 0 amide bonds. The van der Waals surface area contributed by atoms with Gasteiger partial charge in [-0.25, -0.2) is 14.8 Å². The van der Waals surface area contributed by atoms with Gasteiger partial charge >= 0.3 is 5.97 Å². The number of aromatic nitrogens is 2. The summed E-state index contributed by atoms with van der Waals surface area (Å²) in [7, 11) is 0. The lowest BCUT2D eigenvalue weighted by Crippen LogP contribution is -2.46. The highest BCUT2D eigenvalue weighted by atomic mass is 16.5. The molecule has 1 fully saturated rings. The Bertz CT molecular complexity index is 488. The molecule has 1 aromatic rings. The van der Waals surface area contributed by atoms with Crippen LogP contribution >= 0.6 is 0 Å². The number of rotatable bonds is 6. The summed E-state index contributed by atoms with van der Waals surface area (Å²) in [5, 5.41) is 12.5. The Hall–Kier alpha value is -1.85. The van der Waals surface area contributed by atoms with Gasteiger partial charge in [-0.05, 0) is 39.5 Å². The largest absolute Gasteiger partial charge is 0.480 e. The molecule has 1 heterocycles. The molecule has 2 rings (SSSR count). The second kappa shape index (κ2) is 5.03. The van der Waals surface area contributed by atoms with Crippen LogP contribution in [0.15, 0.2) is 6.33 Å². The maximum atomic E-state index is 11.5. The number of ether oxygens (including phenoxy) is 1. The molecule has 0 radical (unpaired) electrons. The van der Waals surface area contributed by atoms with Crippen molar-refractivity contribution < 1.29 is 14.6 Å². The van der Waals surface area contributed by atoms with Crippen LogP contribution in [0.4, 0.5) is 5.82 Å². The Labute approximate surface area is 112 Å². The maximum Gasteiger partial charge on any atom is 0.329 e. The van der Waals surface area contributed by atoms with Crippen molar-refractivity contribution in [2.24, 2.45) is 5.92 Å². The lowest BCUT2D eigenvalue weighted by atomic mass is 9.96. The van der Waals surface area contributed by atoms with Crippen molar-refractivity contribution in [3.63, 3.8) is 0 Å². The smallest absolute Gasteiger partial charge is 0.329 e. The summed E-state index contributed by atoms with van der Waals surface area (Å²) >= 11 is 0. The molecule has 1 aromatic heterocycles. The third-order valence-electron chi connectivity index (χ3n) is 3.54. The Morgan fingerprint density at radius 2 is 2.26 bits per heavy atom. The van der Waals surface area contributed by atoms with Gasteiger partial charge < -0.3 is 15.2 Å². The van der Waals surface area contributed by atoms with Gasteiger partial charge in [0.1, 0.15) is 17.7 Å². The first-order valence-electron chi connectivity index (χ1n) is 6.45. The van der Waals surface area contributed by atoms with Crippen LogP contribution in [0.1, 0.15) is 32.3 Å². The average Bonchev–Trinajstić information content (AvgIpc) is 3.18. The molecule has 0 spiro atoms. The molecule has 2 N–H and O–H groups in total. The number of hydrogen-bond acceptors (Lipinski definition) is 5. The van der Waals surface area contributed by atoms with Crippen molar-refractivity contribution in [1.82, 2.24) is 9.97 Å². The number of nitrogens with one attached hydrogen (secondary N) is 1. The van der Waals surface area contributed by atoms with E-state index in [0.717, 1.165) is 18.4 Å². The topological polar surface area (TPSA) is 84.3 Å². The van der Waals surface area contributed by atoms with E-state index in [1.54, 1.807) is 6.92 Å². The number of anilines is 1. The third kappa shape index (κ3) is 2.62. The van der Waals surface area contributed by atoms with Crippen LogP contribution in [0, 0.1) is 12.8 Å². The molecule has 0 aliphatic heterocycles. The molecule has 104 valence electrons. The normalized spacial score (nSPS) is 17.6. The van der Waals surface area contributed by atoms with E-state index in [1.807, 2.05) is 13.8 Å². The van der Waals surface area contributed by atoms with Crippen molar-refractivity contribution in [1.29, 1.82) is 0 Å². The summed E-state index contributed by atoms with van der Waals surface area (Å²) in [6, 6.07) is 0. The van der Waals surface area contributed by atoms with Crippen LogP contribution in [0.25, 0.3) is 0 Å². The van der Waals surface area contributed by atoms with Gasteiger partial charge in [-0.2, -0.15) is 0 Å². The first kappa shape index (κ1) is 13.6. The zero-order valence-corrected chi connectivity index (χ0v) is 11.4. The SMILES string of the molecule is CCOc1ncnc(NC(C)(C(=O)O)C2CC2)c1C. The van der Waals surface area contributed by atoms with Crippen molar-refractivity contribution in [3.05, 3.63) is 11.9 Å². The predicted molar refractivity (Wildman–Crippen MR) is 70.3 cm³/mol. The van der Waals surface area contributed by atoms with Gasteiger partial charge in [0.2, 0.25) is 5.88 Å². The number of nitrogens with zero attached hydrogens (tertiary/aromatic N) is 2. The number of carboxylic acids is 1. The van der Waals surface area contributed by atoms with Gasteiger partial charge in [0.05, 0.1) is 12.2 Å². The molecule has 19 heavy (non-hydrogen) atoms. The van der Waals surface area contributed by atoms with Crippen molar-refractivity contribution >= 4 is 11.8 Å². The maximum absolute atomic E-state index is 11.5. The zero-order chi connectivity index (χ0) is 14.0. The highest BCUT2D eigenvalue weighted by molar-refractivity contribution is 5.83.